The van der Waals surface area contributed by atoms with Crippen molar-refractivity contribution in [1.29, 1.82) is 0 Å². The van der Waals surface area contributed by atoms with Gasteiger partial charge in [-0.05, 0) is 23.8 Å². The second-order valence-electron chi connectivity index (χ2n) is 5.63. The third-order valence-corrected chi connectivity index (χ3v) is 3.71. The van der Waals surface area contributed by atoms with E-state index in [4.69, 9.17) is 4.74 Å². The molecule has 22 heavy (non-hydrogen) atoms. The fraction of sp³-hybridized carbons (Fsp3) is 0.875. The van der Waals surface area contributed by atoms with Crippen molar-refractivity contribution in [3.05, 3.63) is 5.82 Å². The Morgan fingerprint density at radius 1 is 0.955 bits per heavy atom. The molecule has 0 saturated carbocycles. The second kappa shape index (κ2) is 12.1. The normalized spacial score (nSPS) is 10.8. The van der Waals surface area contributed by atoms with Crippen LogP contribution in [0.25, 0.3) is 0 Å². The molecule has 0 N–H and O–H groups in total. The highest BCUT2D eigenvalue weighted by molar-refractivity contribution is 5.85. The quantitative estimate of drug-likeness (QED) is 0.410. The van der Waals surface area contributed by atoms with E-state index in [0.29, 0.717) is 13.2 Å². The van der Waals surface area contributed by atoms with Crippen molar-refractivity contribution in [2.75, 3.05) is 6.61 Å². The molecule has 0 aliphatic carbocycles. The van der Waals surface area contributed by atoms with Crippen LogP contribution in [0.2, 0.25) is 0 Å². The number of carbonyl (C=O) groups excluding carboxylic acids is 1. The number of aryl methyl sites for hydroxylation is 1. The molecule has 0 radical (unpaired) electrons. The Kier molecular flexibility index (Phi) is 10.2. The molecule has 0 bridgehead atoms. The van der Waals surface area contributed by atoms with E-state index < -0.39 is 5.97 Å². The van der Waals surface area contributed by atoms with Gasteiger partial charge in [-0.3, -0.25) is 0 Å². The van der Waals surface area contributed by atoms with Crippen molar-refractivity contribution in [1.82, 2.24) is 20.2 Å². The van der Waals surface area contributed by atoms with Gasteiger partial charge in [0.25, 0.3) is 5.82 Å². The van der Waals surface area contributed by atoms with Gasteiger partial charge in [0.05, 0.1) is 6.61 Å². The summed E-state index contributed by atoms with van der Waals surface area (Å²) in [6.45, 7) is 5.04. The van der Waals surface area contributed by atoms with E-state index in [1.807, 2.05) is 0 Å². The van der Waals surface area contributed by atoms with Gasteiger partial charge in [-0.25, -0.2) is 9.48 Å². The second-order valence-corrected chi connectivity index (χ2v) is 5.63. The number of rotatable bonds is 13. The zero-order chi connectivity index (χ0) is 16.0. The molecule has 126 valence electrons. The number of aromatic nitrogens is 4. The predicted octanol–water partition coefficient (Wildman–Crippen LogP) is 3.77. The van der Waals surface area contributed by atoms with Crippen LogP contribution >= 0.6 is 0 Å². The highest BCUT2D eigenvalue weighted by Crippen LogP contribution is 2.11. The van der Waals surface area contributed by atoms with Crippen molar-refractivity contribution >= 4 is 5.97 Å². The zero-order valence-electron chi connectivity index (χ0n) is 14.1. The molecule has 0 spiro atoms. The molecular weight excluding hydrogens is 280 g/mol. The molecule has 0 saturated heterocycles. The van der Waals surface area contributed by atoms with Crippen LogP contribution in [-0.4, -0.2) is 32.8 Å². The van der Waals surface area contributed by atoms with Crippen molar-refractivity contribution in [3.63, 3.8) is 0 Å². The van der Waals surface area contributed by atoms with Crippen LogP contribution in [-0.2, 0) is 11.3 Å². The van der Waals surface area contributed by atoms with Crippen LogP contribution in [0.4, 0.5) is 0 Å². The number of ether oxygens (including phenoxy) is 1. The van der Waals surface area contributed by atoms with E-state index in [0.717, 1.165) is 12.8 Å². The first-order chi connectivity index (χ1) is 10.8. The average molecular weight is 310 g/mol. The first-order valence-corrected chi connectivity index (χ1v) is 8.72. The fourth-order valence-electron chi connectivity index (χ4n) is 2.45. The number of nitrogens with zero attached hydrogens (tertiary/aromatic N) is 4. The van der Waals surface area contributed by atoms with Crippen molar-refractivity contribution in [2.24, 2.45) is 0 Å². The maximum absolute atomic E-state index is 11.6. The SMILES string of the molecule is CCCCCCCCCCCCn1nnnc1C(=O)OCC. The molecule has 0 fully saturated rings. The minimum atomic E-state index is -0.445. The molecule has 1 aromatic heterocycles. The van der Waals surface area contributed by atoms with Gasteiger partial charge >= 0.3 is 5.97 Å². The number of carbonyl (C=O) groups is 1. The summed E-state index contributed by atoms with van der Waals surface area (Å²) in [4.78, 5) is 11.6. The molecule has 1 aromatic rings. The largest absolute Gasteiger partial charge is 0.460 e. The lowest BCUT2D eigenvalue weighted by Crippen LogP contribution is -2.14. The van der Waals surface area contributed by atoms with Crippen LogP contribution in [0.3, 0.4) is 0 Å². The van der Waals surface area contributed by atoms with E-state index in [1.165, 1.54) is 51.4 Å². The van der Waals surface area contributed by atoms with E-state index in [1.54, 1.807) is 11.6 Å². The van der Waals surface area contributed by atoms with Gasteiger partial charge in [0, 0.05) is 6.54 Å². The maximum Gasteiger partial charge on any atom is 0.378 e. The lowest BCUT2D eigenvalue weighted by atomic mass is 10.1. The number of esters is 1. The molecular formula is C16H30N4O2. The Morgan fingerprint density at radius 3 is 2.14 bits per heavy atom. The van der Waals surface area contributed by atoms with Crippen LogP contribution in [0, 0.1) is 0 Å². The summed E-state index contributed by atoms with van der Waals surface area (Å²) < 4.78 is 6.47. The van der Waals surface area contributed by atoms with Gasteiger partial charge in [0.1, 0.15) is 0 Å². The first kappa shape index (κ1) is 18.6. The third-order valence-electron chi connectivity index (χ3n) is 3.71. The summed E-state index contributed by atoms with van der Waals surface area (Å²) in [5.41, 5.74) is 0. The molecule has 6 heteroatoms. The van der Waals surface area contributed by atoms with Gasteiger partial charge in [-0.15, -0.1) is 5.10 Å². The molecule has 0 amide bonds. The van der Waals surface area contributed by atoms with Gasteiger partial charge in [-0.1, -0.05) is 64.7 Å². The Balaban J connectivity index is 2.05. The molecule has 0 aliphatic heterocycles. The van der Waals surface area contributed by atoms with Crippen molar-refractivity contribution in [3.8, 4) is 0 Å². The molecule has 1 heterocycles. The van der Waals surface area contributed by atoms with E-state index in [9.17, 15) is 4.79 Å². The molecule has 1 rings (SSSR count). The smallest absolute Gasteiger partial charge is 0.378 e. The van der Waals surface area contributed by atoms with Crippen LogP contribution in [0.5, 0.6) is 0 Å². The summed E-state index contributed by atoms with van der Waals surface area (Å²) in [5, 5.41) is 11.1. The summed E-state index contributed by atoms with van der Waals surface area (Å²) in [6.07, 6.45) is 12.8. The monoisotopic (exact) mass is 310 g/mol. The van der Waals surface area contributed by atoms with Crippen LogP contribution < -0.4 is 0 Å². The van der Waals surface area contributed by atoms with Gasteiger partial charge in [0.15, 0.2) is 0 Å². The number of hydrogen-bond acceptors (Lipinski definition) is 5. The summed E-state index contributed by atoms with van der Waals surface area (Å²) in [7, 11) is 0. The number of hydrogen-bond donors (Lipinski definition) is 0. The summed E-state index contributed by atoms with van der Waals surface area (Å²) in [6, 6.07) is 0. The average Bonchev–Trinajstić information content (AvgIpc) is 2.98. The van der Waals surface area contributed by atoms with E-state index >= 15 is 0 Å². The Bertz CT molecular complexity index is 407. The summed E-state index contributed by atoms with van der Waals surface area (Å²) in [5.74, 6) is -0.239. The van der Waals surface area contributed by atoms with E-state index in [-0.39, 0.29) is 5.82 Å². The van der Waals surface area contributed by atoms with Crippen LogP contribution in [0.15, 0.2) is 0 Å². The minimum Gasteiger partial charge on any atom is -0.460 e. The maximum atomic E-state index is 11.6. The van der Waals surface area contributed by atoms with Crippen LogP contribution in [0.1, 0.15) is 88.7 Å². The lowest BCUT2D eigenvalue weighted by molar-refractivity contribution is 0.0504. The van der Waals surface area contributed by atoms with Crippen molar-refractivity contribution in [2.45, 2.75) is 84.6 Å². The number of tetrazole rings is 1. The minimum absolute atomic E-state index is 0.206. The molecule has 0 atom stereocenters. The highest BCUT2D eigenvalue weighted by Gasteiger charge is 2.15. The zero-order valence-corrected chi connectivity index (χ0v) is 14.1. The Morgan fingerprint density at radius 2 is 1.55 bits per heavy atom. The standard InChI is InChI=1S/C16H30N4O2/c1-3-5-6-7-8-9-10-11-12-13-14-20-15(17-18-19-20)16(21)22-4-2/h3-14H2,1-2H3. The van der Waals surface area contributed by atoms with E-state index in [2.05, 4.69) is 22.4 Å². The molecule has 0 unspecified atom stereocenters. The number of unbranched alkanes of at least 4 members (excludes halogenated alkanes) is 9. The van der Waals surface area contributed by atoms with Crippen molar-refractivity contribution < 1.29 is 9.53 Å². The lowest BCUT2D eigenvalue weighted by Gasteiger charge is -2.04. The first-order valence-electron chi connectivity index (χ1n) is 8.72. The predicted molar refractivity (Wildman–Crippen MR) is 85.6 cm³/mol. The summed E-state index contributed by atoms with van der Waals surface area (Å²) >= 11 is 0. The topological polar surface area (TPSA) is 69.9 Å². The molecule has 0 aromatic carbocycles. The third kappa shape index (κ3) is 7.52. The molecule has 6 nitrogen and oxygen atoms in total. The molecule has 0 aliphatic rings. The van der Waals surface area contributed by atoms with Gasteiger partial charge in [-0.2, -0.15) is 0 Å². The Labute approximate surface area is 133 Å². The fourth-order valence-corrected chi connectivity index (χ4v) is 2.45. The van der Waals surface area contributed by atoms with Gasteiger partial charge < -0.3 is 4.74 Å². The Hall–Kier alpha value is -1.46. The highest BCUT2D eigenvalue weighted by atomic mass is 16.5. The van der Waals surface area contributed by atoms with Gasteiger partial charge in [0.2, 0.25) is 0 Å².